The Morgan fingerprint density at radius 3 is 2.79 bits per heavy atom. The van der Waals surface area contributed by atoms with Crippen molar-refractivity contribution in [2.24, 2.45) is 0 Å². The van der Waals surface area contributed by atoms with Crippen LogP contribution in [0.1, 0.15) is 27.4 Å². The third-order valence-corrected chi connectivity index (χ3v) is 2.88. The highest BCUT2D eigenvalue weighted by atomic mass is 35.5. The van der Waals surface area contributed by atoms with Crippen LogP contribution in [0, 0.1) is 6.92 Å². The summed E-state index contributed by atoms with van der Waals surface area (Å²) in [6.07, 6.45) is 0. The van der Waals surface area contributed by atoms with Gasteiger partial charge in [-0.15, -0.1) is 0 Å². The van der Waals surface area contributed by atoms with Gasteiger partial charge in [-0.1, -0.05) is 23.7 Å². The van der Waals surface area contributed by atoms with E-state index in [-0.39, 0.29) is 5.76 Å². The number of benzene rings is 1. The predicted octanol–water partition coefficient (Wildman–Crippen LogP) is 3.66. The number of ether oxygens (including phenoxy) is 1. The normalized spacial score (nSPS) is 10.6. The van der Waals surface area contributed by atoms with Crippen LogP contribution in [0.3, 0.4) is 0 Å². The van der Waals surface area contributed by atoms with Crippen molar-refractivity contribution in [1.29, 1.82) is 0 Å². The Balaban J connectivity index is 1.94. The van der Waals surface area contributed by atoms with Crippen LogP contribution >= 0.6 is 11.6 Å². The first-order valence-electron chi connectivity index (χ1n) is 5.71. The molecular formula is C14H13ClO4. The quantitative estimate of drug-likeness (QED) is 0.908. The molecular weight excluding hydrogens is 268 g/mol. The fourth-order valence-electron chi connectivity index (χ4n) is 1.67. The van der Waals surface area contributed by atoms with Gasteiger partial charge in [0.1, 0.15) is 5.76 Å². The number of halogens is 1. The molecule has 2 aromatic rings. The summed E-state index contributed by atoms with van der Waals surface area (Å²) in [4.78, 5) is 10.8. The van der Waals surface area contributed by atoms with Gasteiger partial charge >= 0.3 is 5.97 Å². The van der Waals surface area contributed by atoms with Crippen LogP contribution in [0.15, 0.2) is 34.7 Å². The highest BCUT2D eigenvalue weighted by Gasteiger charge is 2.12. The monoisotopic (exact) mass is 280 g/mol. The SMILES string of the molecule is Cc1oc(C(=O)O)cc1COCc1cccc(Cl)c1. The number of aromatic carboxylic acids is 1. The van der Waals surface area contributed by atoms with E-state index in [0.29, 0.717) is 24.0 Å². The van der Waals surface area contributed by atoms with Gasteiger partial charge in [-0.25, -0.2) is 4.79 Å². The van der Waals surface area contributed by atoms with Crippen molar-refractivity contribution >= 4 is 17.6 Å². The number of hydrogen-bond donors (Lipinski definition) is 1. The molecule has 0 amide bonds. The van der Waals surface area contributed by atoms with Gasteiger partial charge in [-0.3, -0.25) is 0 Å². The predicted molar refractivity (Wildman–Crippen MR) is 70.3 cm³/mol. The lowest BCUT2D eigenvalue weighted by Crippen LogP contribution is -1.95. The second-order valence-electron chi connectivity index (χ2n) is 4.12. The summed E-state index contributed by atoms with van der Waals surface area (Å²) in [6, 6.07) is 8.87. The summed E-state index contributed by atoms with van der Waals surface area (Å²) in [5.74, 6) is -0.591. The average molecular weight is 281 g/mol. The number of carbonyl (C=O) groups is 1. The molecule has 0 unspecified atom stereocenters. The molecule has 0 fully saturated rings. The molecule has 100 valence electrons. The molecule has 19 heavy (non-hydrogen) atoms. The Hall–Kier alpha value is -1.78. The van der Waals surface area contributed by atoms with Crippen molar-refractivity contribution in [2.75, 3.05) is 0 Å². The maximum atomic E-state index is 10.8. The van der Waals surface area contributed by atoms with Crippen molar-refractivity contribution in [3.8, 4) is 0 Å². The van der Waals surface area contributed by atoms with Crippen LogP contribution in [-0.2, 0) is 18.0 Å². The maximum Gasteiger partial charge on any atom is 0.371 e. The standard InChI is InChI=1S/C14H13ClO4/c1-9-11(6-13(19-9)14(16)17)8-18-7-10-3-2-4-12(15)5-10/h2-6H,7-8H2,1H3,(H,16,17). The molecule has 1 aromatic carbocycles. The molecule has 0 aliphatic rings. The van der Waals surface area contributed by atoms with E-state index < -0.39 is 5.97 Å². The molecule has 0 atom stereocenters. The average Bonchev–Trinajstić information content (AvgIpc) is 2.71. The third kappa shape index (κ3) is 3.59. The van der Waals surface area contributed by atoms with Gasteiger partial charge in [-0.2, -0.15) is 0 Å². The molecule has 0 saturated carbocycles. The van der Waals surface area contributed by atoms with Gasteiger partial charge in [-0.05, 0) is 30.7 Å². The number of aryl methyl sites for hydroxylation is 1. The molecule has 0 aliphatic carbocycles. The zero-order chi connectivity index (χ0) is 13.8. The van der Waals surface area contributed by atoms with Gasteiger partial charge in [0.2, 0.25) is 5.76 Å². The first-order chi connectivity index (χ1) is 9.06. The van der Waals surface area contributed by atoms with Crippen LogP contribution in [-0.4, -0.2) is 11.1 Å². The van der Waals surface area contributed by atoms with E-state index in [4.69, 9.17) is 25.9 Å². The van der Waals surface area contributed by atoms with Crippen LogP contribution in [0.5, 0.6) is 0 Å². The highest BCUT2D eigenvalue weighted by molar-refractivity contribution is 6.30. The van der Waals surface area contributed by atoms with Crippen LogP contribution < -0.4 is 0 Å². The Labute approximate surface area is 115 Å². The summed E-state index contributed by atoms with van der Waals surface area (Å²) in [6.45, 7) is 2.42. The minimum atomic E-state index is -1.08. The van der Waals surface area contributed by atoms with Crippen LogP contribution in [0.4, 0.5) is 0 Å². The summed E-state index contributed by atoms with van der Waals surface area (Å²) >= 11 is 5.87. The Morgan fingerprint density at radius 2 is 2.16 bits per heavy atom. The second-order valence-corrected chi connectivity index (χ2v) is 4.56. The number of carboxylic acid groups (broad SMARTS) is 1. The minimum absolute atomic E-state index is 0.0705. The molecule has 2 rings (SSSR count). The second kappa shape index (κ2) is 5.91. The van der Waals surface area contributed by atoms with Crippen molar-refractivity contribution in [3.05, 3.63) is 58.0 Å². The zero-order valence-corrected chi connectivity index (χ0v) is 11.1. The van der Waals surface area contributed by atoms with Gasteiger partial charge in [0, 0.05) is 10.6 Å². The molecule has 1 heterocycles. The van der Waals surface area contributed by atoms with Gasteiger partial charge in [0.15, 0.2) is 0 Å². The summed E-state index contributed by atoms with van der Waals surface area (Å²) < 4.78 is 10.6. The van der Waals surface area contributed by atoms with E-state index in [1.807, 2.05) is 18.2 Å². The minimum Gasteiger partial charge on any atom is -0.475 e. The summed E-state index contributed by atoms with van der Waals surface area (Å²) in [5.41, 5.74) is 1.70. The Morgan fingerprint density at radius 1 is 1.37 bits per heavy atom. The van der Waals surface area contributed by atoms with E-state index in [0.717, 1.165) is 11.1 Å². The number of rotatable bonds is 5. The smallest absolute Gasteiger partial charge is 0.371 e. The number of carboxylic acids is 1. The highest BCUT2D eigenvalue weighted by Crippen LogP contribution is 2.17. The van der Waals surface area contributed by atoms with E-state index in [1.165, 1.54) is 6.07 Å². The third-order valence-electron chi connectivity index (χ3n) is 2.65. The van der Waals surface area contributed by atoms with E-state index in [2.05, 4.69) is 0 Å². The molecule has 4 nitrogen and oxygen atoms in total. The maximum absolute atomic E-state index is 10.8. The molecule has 1 N–H and O–H groups in total. The lowest BCUT2D eigenvalue weighted by Gasteiger charge is -2.03. The largest absolute Gasteiger partial charge is 0.475 e. The van der Waals surface area contributed by atoms with Crippen molar-refractivity contribution in [1.82, 2.24) is 0 Å². The number of hydrogen-bond acceptors (Lipinski definition) is 3. The first-order valence-corrected chi connectivity index (χ1v) is 6.09. The molecule has 5 heteroatoms. The first kappa shape index (κ1) is 13.6. The summed E-state index contributed by atoms with van der Waals surface area (Å²) in [5, 5.41) is 9.47. The number of furan rings is 1. The fourth-order valence-corrected chi connectivity index (χ4v) is 1.89. The molecule has 0 radical (unpaired) electrons. The van der Waals surface area contributed by atoms with Crippen molar-refractivity contribution < 1.29 is 19.1 Å². The Kier molecular flexibility index (Phi) is 4.24. The van der Waals surface area contributed by atoms with Crippen LogP contribution in [0.25, 0.3) is 0 Å². The molecule has 0 spiro atoms. The van der Waals surface area contributed by atoms with E-state index >= 15 is 0 Å². The molecule has 1 aromatic heterocycles. The van der Waals surface area contributed by atoms with E-state index in [9.17, 15) is 4.79 Å². The van der Waals surface area contributed by atoms with Gasteiger partial charge < -0.3 is 14.3 Å². The van der Waals surface area contributed by atoms with Crippen molar-refractivity contribution in [2.45, 2.75) is 20.1 Å². The fraction of sp³-hybridized carbons (Fsp3) is 0.214. The van der Waals surface area contributed by atoms with Crippen molar-refractivity contribution in [3.63, 3.8) is 0 Å². The van der Waals surface area contributed by atoms with Crippen LogP contribution in [0.2, 0.25) is 5.02 Å². The van der Waals surface area contributed by atoms with Gasteiger partial charge in [0.05, 0.1) is 13.2 Å². The molecule has 0 bridgehead atoms. The lowest BCUT2D eigenvalue weighted by atomic mass is 10.2. The van der Waals surface area contributed by atoms with E-state index in [1.54, 1.807) is 13.0 Å². The molecule has 0 saturated heterocycles. The zero-order valence-electron chi connectivity index (χ0n) is 10.4. The lowest BCUT2D eigenvalue weighted by molar-refractivity contribution is 0.0661. The Bertz CT molecular complexity index is 589. The van der Waals surface area contributed by atoms with Gasteiger partial charge in [0.25, 0.3) is 0 Å². The molecule has 0 aliphatic heterocycles. The summed E-state index contributed by atoms with van der Waals surface area (Å²) in [7, 11) is 0. The topological polar surface area (TPSA) is 59.7 Å².